The van der Waals surface area contributed by atoms with Gasteiger partial charge in [-0.1, -0.05) is 19.3 Å². The summed E-state index contributed by atoms with van der Waals surface area (Å²) in [5, 5.41) is 0. The topological polar surface area (TPSA) is 66.7 Å². The van der Waals surface area contributed by atoms with E-state index in [4.69, 9.17) is 13.0 Å². The van der Waals surface area contributed by atoms with Gasteiger partial charge in [-0.15, -0.1) is 0 Å². The van der Waals surface area contributed by atoms with Gasteiger partial charge in [-0.3, -0.25) is 14.4 Å². The maximum atomic E-state index is 10.7. The van der Waals surface area contributed by atoms with Crippen molar-refractivity contribution in [1.29, 1.82) is 0 Å². The first kappa shape index (κ1) is 24.0. The van der Waals surface area contributed by atoms with Crippen LogP contribution in [0.25, 0.3) is 0 Å². The molecule has 1 aliphatic rings. The summed E-state index contributed by atoms with van der Waals surface area (Å²) in [4.78, 5) is 4.96. The molecule has 1 fully saturated rings. The minimum atomic E-state index is -6.09. The van der Waals surface area contributed by atoms with E-state index in [1.165, 1.54) is 38.1 Å². The SMILES string of the molecule is CCN(CC)C(N(C)C1CCCCC1)=[N+](C)C.O=S(=O)([O-])C(F)(F)F. The van der Waals surface area contributed by atoms with Gasteiger partial charge in [0.15, 0.2) is 10.1 Å². The van der Waals surface area contributed by atoms with E-state index < -0.39 is 15.6 Å². The standard InChI is InChI=1S/C14H30N3.CHF3O3S/c1-6-17(7-2)14(15(3)4)16(5)13-11-9-8-10-12-13;2-1(3,4)8(5,6)7/h13H,6-12H2,1-5H3;(H,5,6,7)/q+1;/p-1. The number of nitrogens with zero attached hydrogens (tertiary/aromatic N) is 3. The zero-order valence-corrected chi connectivity index (χ0v) is 16.5. The van der Waals surface area contributed by atoms with Gasteiger partial charge in [0, 0.05) is 0 Å². The van der Waals surface area contributed by atoms with Gasteiger partial charge in [-0.25, -0.2) is 8.42 Å². The third kappa shape index (κ3) is 7.81. The summed E-state index contributed by atoms with van der Waals surface area (Å²) < 4.78 is 61.2. The first-order valence-electron chi connectivity index (χ1n) is 8.40. The normalized spacial score (nSPS) is 15.9. The van der Waals surface area contributed by atoms with E-state index in [-0.39, 0.29) is 0 Å². The van der Waals surface area contributed by atoms with Crippen molar-refractivity contribution in [2.24, 2.45) is 0 Å². The molecule has 0 aliphatic heterocycles. The fourth-order valence-electron chi connectivity index (χ4n) is 2.96. The van der Waals surface area contributed by atoms with E-state index in [1.54, 1.807) is 0 Å². The van der Waals surface area contributed by atoms with E-state index in [1.807, 2.05) is 0 Å². The van der Waals surface area contributed by atoms with Crippen LogP contribution < -0.4 is 0 Å². The Morgan fingerprint density at radius 2 is 1.52 bits per heavy atom. The lowest BCUT2D eigenvalue weighted by Crippen LogP contribution is -2.51. The molecule has 0 aromatic carbocycles. The van der Waals surface area contributed by atoms with Crippen molar-refractivity contribution in [3.05, 3.63) is 0 Å². The molecular formula is C15H30F3N3O3S. The number of hydrogen-bond acceptors (Lipinski definition) is 3. The minimum Gasteiger partial charge on any atom is -0.741 e. The van der Waals surface area contributed by atoms with Crippen LogP contribution in [0.1, 0.15) is 46.0 Å². The molecule has 1 aliphatic carbocycles. The molecular weight excluding hydrogens is 359 g/mol. The zero-order valence-electron chi connectivity index (χ0n) is 15.6. The Kier molecular flexibility index (Phi) is 9.78. The van der Waals surface area contributed by atoms with Gasteiger partial charge in [0.05, 0.1) is 40.3 Å². The quantitative estimate of drug-likeness (QED) is 0.244. The first-order chi connectivity index (χ1) is 11.4. The number of hydrogen-bond donors (Lipinski definition) is 0. The Hall–Kier alpha value is -1.03. The highest BCUT2D eigenvalue weighted by atomic mass is 32.2. The number of halogens is 3. The van der Waals surface area contributed by atoms with Crippen LogP contribution in [0.2, 0.25) is 0 Å². The molecule has 0 aromatic heterocycles. The molecule has 0 amide bonds. The second kappa shape index (κ2) is 10.2. The summed E-state index contributed by atoms with van der Waals surface area (Å²) in [6, 6.07) is 0.738. The molecule has 25 heavy (non-hydrogen) atoms. The van der Waals surface area contributed by atoms with E-state index in [2.05, 4.69) is 49.4 Å². The van der Waals surface area contributed by atoms with Gasteiger partial charge in [0.2, 0.25) is 0 Å². The average molecular weight is 389 g/mol. The molecule has 0 N–H and O–H groups in total. The lowest BCUT2D eigenvalue weighted by Gasteiger charge is -2.32. The van der Waals surface area contributed by atoms with Gasteiger partial charge in [0.25, 0.3) is 0 Å². The summed E-state index contributed by atoms with van der Waals surface area (Å²) in [5.74, 6) is 1.38. The second-order valence-electron chi connectivity index (χ2n) is 6.17. The van der Waals surface area contributed by atoms with E-state index in [0.717, 1.165) is 19.1 Å². The van der Waals surface area contributed by atoms with E-state index in [9.17, 15) is 13.2 Å². The summed E-state index contributed by atoms with van der Waals surface area (Å²) in [6.45, 7) is 6.64. The maximum Gasteiger partial charge on any atom is 0.485 e. The predicted molar refractivity (Wildman–Crippen MR) is 90.4 cm³/mol. The Balaban J connectivity index is 0.000000609. The highest BCUT2D eigenvalue weighted by Gasteiger charge is 2.37. The van der Waals surface area contributed by atoms with Crippen LogP contribution in [0, 0.1) is 0 Å². The maximum absolute atomic E-state index is 10.7. The van der Waals surface area contributed by atoms with Crippen molar-refractivity contribution in [1.82, 2.24) is 9.80 Å². The molecule has 0 atom stereocenters. The van der Waals surface area contributed by atoms with Gasteiger partial charge in [0.1, 0.15) is 0 Å². The van der Waals surface area contributed by atoms with Crippen LogP contribution in [0.15, 0.2) is 0 Å². The van der Waals surface area contributed by atoms with Crippen LogP contribution in [0.5, 0.6) is 0 Å². The van der Waals surface area contributed by atoms with E-state index >= 15 is 0 Å². The fraction of sp³-hybridized carbons (Fsp3) is 0.933. The van der Waals surface area contributed by atoms with Gasteiger partial charge in [-0.2, -0.15) is 13.2 Å². The molecule has 0 heterocycles. The van der Waals surface area contributed by atoms with Crippen LogP contribution in [-0.2, 0) is 10.1 Å². The molecule has 1 saturated carbocycles. The molecule has 150 valence electrons. The van der Waals surface area contributed by atoms with Crippen LogP contribution in [-0.4, -0.2) is 79.1 Å². The van der Waals surface area contributed by atoms with Gasteiger partial charge >= 0.3 is 11.5 Å². The molecule has 0 radical (unpaired) electrons. The van der Waals surface area contributed by atoms with E-state index in [0.29, 0.717) is 0 Å². The lowest BCUT2D eigenvalue weighted by molar-refractivity contribution is -0.476. The Labute approximate surface area is 149 Å². The highest BCUT2D eigenvalue weighted by Crippen LogP contribution is 2.22. The molecule has 0 saturated heterocycles. The van der Waals surface area contributed by atoms with Crippen molar-refractivity contribution < 1.29 is 30.7 Å². The zero-order chi connectivity index (χ0) is 19.8. The third-order valence-corrected chi connectivity index (χ3v) is 4.73. The van der Waals surface area contributed by atoms with Crippen LogP contribution in [0.3, 0.4) is 0 Å². The largest absolute Gasteiger partial charge is 0.741 e. The van der Waals surface area contributed by atoms with Crippen molar-refractivity contribution in [3.8, 4) is 0 Å². The minimum absolute atomic E-state index is 0.738. The molecule has 1 rings (SSSR count). The summed E-state index contributed by atoms with van der Waals surface area (Å²) in [7, 11) is 0.497. The summed E-state index contributed by atoms with van der Waals surface area (Å²) in [5.41, 5.74) is -5.65. The summed E-state index contributed by atoms with van der Waals surface area (Å²) >= 11 is 0. The lowest BCUT2D eigenvalue weighted by atomic mass is 9.94. The second-order valence-corrected chi connectivity index (χ2v) is 7.54. The van der Waals surface area contributed by atoms with Crippen LogP contribution in [0.4, 0.5) is 13.2 Å². The van der Waals surface area contributed by atoms with Crippen LogP contribution >= 0.6 is 0 Å². The predicted octanol–water partition coefficient (Wildman–Crippen LogP) is 2.27. The Morgan fingerprint density at radius 3 is 1.80 bits per heavy atom. The monoisotopic (exact) mass is 389 g/mol. The first-order valence-corrected chi connectivity index (χ1v) is 9.81. The number of guanidine groups is 1. The Bertz CT molecular complexity index is 522. The average Bonchev–Trinajstić information content (AvgIpc) is 2.51. The molecule has 0 unspecified atom stereocenters. The van der Waals surface area contributed by atoms with Gasteiger partial charge in [-0.05, 0) is 26.7 Å². The van der Waals surface area contributed by atoms with Crippen molar-refractivity contribution in [2.45, 2.75) is 57.5 Å². The summed E-state index contributed by atoms with van der Waals surface area (Å²) in [6.07, 6.45) is 6.93. The third-order valence-electron chi connectivity index (χ3n) is 4.17. The molecule has 6 nitrogen and oxygen atoms in total. The van der Waals surface area contributed by atoms with Gasteiger partial charge < -0.3 is 4.55 Å². The molecule has 0 spiro atoms. The van der Waals surface area contributed by atoms with Crippen molar-refractivity contribution >= 4 is 16.1 Å². The smallest absolute Gasteiger partial charge is 0.485 e. The van der Waals surface area contributed by atoms with Crippen molar-refractivity contribution in [3.63, 3.8) is 0 Å². The molecule has 0 aromatic rings. The molecule has 10 heteroatoms. The number of alkyl halides is 3. The number of rotatable bonds is 3. The Morgan fingerprint density at radius 1 is 1.12 bits per heavy atom. The highest BCUT2D eigenvalue weighted by molar-refractivity contribution is 7.86. The fourth-order valence-corrected chi connectivity index (χ4v) is 2.96. The van der Waals surface area contributed by atoms with Crippen molar-refractivity contribution in [2.75, 3.05) is 34.2 Å². The molecule has 0 bridgehead atoms.